The Balaban J connectivity index is 2.88. The Morgan fingerprint density at radius 2 is 1.86 bits per heavy atom. The van der Waals surface area contributed by atoms with Gasteiger partial charge < -0.3 is 5.11 Å². The minimum atomic E-state index is -0.734. The quantitative estimate of drug-likeness (QED) is 0.799. The molecular weight excluding hydrogens is 176 g/mol. The molecule has 0 bridgehead atoms. The van der Waals surface area contributed by atoms with E-state index >= 15 is 0 Å². The summed E-state index contributed by atoms with van der Waals surface area (Å²) in [5.41, 5.74) is 4.91. The number of aliphatic carboxylic acids is 1. The Kier molecular flexibility index (Phi) is 3.28. The van der Waals surface area contributed by atoms with E-state index in [4.69, 9.17) is 5.11 Å². The normalized spacial score (nSPS) is 10.2. The van der Waals surface area contributed by atoms with E-state index in [2.05, 4.69) is 26.8 Å². The largest absolute Gasteiger partial charge is 0.481 e. The van der Waals surface area contributed by atoms with Crippen LogP contribution < -0.4 is 0 Å². The van der Waals surface area contributed by atoms with Crippen molar-refractivity contribution < 1.29 is 9.90 Å². The molecule has 14 heavy (non-hydrogen) atoms. The fourth-order valence-electron chi connectivity index (χ4n) is 1.52. The summed E-state index contributed by atoms with van der Waals surface area (Å²) in [6.07, 6.45) is 0.839. The number of carboxylic acid groups (broad SMARTS) is 1. The SMILES string of the molecule is Cc1ccc(CCC(=O)O)c(C)c1C. The molecule has 0 unspecified atom stereocenters. The van der Waals surface area contributed by atoms with Crippen molar-refractivity contribution in [3.63, 3.8) is 0 Å². The van der Waals surface area contributed by atoms with Crippen molar-refractivity contribution in [2.24, 2.45) is 0 Å². The van der Waals surface area contributed by atoms with E-state index in [1.54, 1.807) is 0 Å². The number of carboxylic acids is 1. The van der Waals surface area contributed by atoms with Crippen molar-refractivity contribution in [1.82, 2.24) is 0 Å². The second-order valence-corrected chi connectivity index (χ2v) is 3.69. The number of carbonyl (C=O) groups is 1. The van der Waals surface area contributed by atoms with Gasteiger partial charge in [-0.1, -0.05) is 12.1 Å². The molecule has 0 saturated carbocycles. The standard InChI is InChI=1S/C12H16O2/c1-8-4-5-11(6-7-12(13)14)10(3)9(8)2/h4-5H,6-7H2,1-3H3,(H,13,14). The molecule has 1 N–H and O–H groups in total. The highest BCUT2D eigenvalue weighted by molar-refractivity contribution is 5.67. The van der Waals surface area contributed by atoms with Crippen LogP contribution >= 0.6 is 0 Å². The molecule has 1 aromatic carbocycles. The molecule has 0 heterocycles. The predicted octanol–water partition coefficient (Wildman–Crippen LogP) is 2.63. The fourth-order valence-corrected chi connectivity index (χ4v) is 1.52. The van der Waals surface area contributed by atoms with Gasteiger partial charge in [0.15, 0.2) is 0 Å². The Labute approximate surface area is 84.6 Å². The molecule has 0 aliphatic rings. The molecule has 0 fully saturated rings. The van der Waals surface area contributed by atoms with Crippen LogP contribution in [0.25, 0.3) is 0 Å². The van der Waals surface area contributed by atoms with Gasteiger partial charge in [0.2, 0.25) is 0 Å². The molecule has 2 heteroatoms. The Morgan fingerprint density at radius 1 is 1.21 bits per heavy atom. The summed E-state index contributed by atoms with van der Waals surface area (Å²) >= 11 is 0. The van der Waals surface area contributed by atoms with Crippen molar-refractivity contribution in [1.29, 1.82) is 0 Å². The van der Waals surface area contributed by atoms with Crippen LogP contribution in [-0.2, 0) is 11.2 Å². The van der Waals surface area contributed by atoms with E-state index in [-0.39, 0.29) is 6.42 Å². The molecule has 0 saturated heterocycles. The summed E-state index contributed by atoms with van der Waals surface area (Å²) in [4.78, 5) is 10.4. The second-order valence-electron chi connectivity index (χ2n) is 3.69. The Morgan fingerprint density at radius 3 is 2.43 bits per heavy atom. The van der Waals surface area contributed by atoms with E-state index in [1.165, 1.54) is 16.7 Å². The van der Waals surface area contributed by atoms with Crippen LogP contribution in [0.3, 0.4) is 0 Å². The summed E-state index contributed by atoms with van der Waals surface area (Å²) in [5, 5.41) is 8.59. The first-order valence-corrected chi connectivity index (χ1v) is 4.80. The number of aryl methyl sites for hydroxylation is 2. The van der Waals surface area contributed by atoms with Crippen LogP contribution in [0.1, 0.15) is 28.7 Å². The van der Waals surface area contributed by atoms with Crippen LogP contribution in [0.2, 0.25) is 0 Å². The average Bonchev–Trinajstić information content (AvgIpc) is 2.13. The Hall–Kier alpha value is -1.31. The van der Waals surface area contributed by atoms with Crippen molar-refractivity contribution in [2.75, 3.05) is 0 Å². The van der Waals surface area contributed by atoms with Crippen LogP contribution in [0, 0.1) is 20.8 Å². The van der Waals surface area contributed by atoms with Gasteiger partial charge in [-0.15, -0.1) is 0 Å². The molecule has 2 nitrogen and oxygen atoms in total. The predicted molar refractivity (Wildman–Crippen MR) is 56.6 cm³/mol. The number of benzene rings is 1. The Bertz CT molecular complexity index is 354. The lowest BCUT2D eigenvalue weighted by Gasteiger charge is -2.09. The second kappa shape index (κ2) is 4.27. The summed E-state index contributed by atoms with van der Waals surface area (Å²) < 4.78 is 0. The first-order valence-electron chi connectivity index (χ1n) is 4.80. The fraction of sp³-hybridized carbons (Fsp3) is 0.417. The van der Waals surface area contributed by atoms with Gasteiger partial charge in [0.05, 0.1) is 0 Å². The summed E-state index contributed by atoms with van der Waals surface area (Å²) in [7, 11) is 0. The van der Waals surface area contributed by atoms with Gasteiger partial charge in [0, 0.05) is 6.42 Å². The van der Waals surface area contributed by atoms with Crippen LogP contribution in [0.15, 0.2) is 12.1 Å². The molecule has 76 valence electrons. The van der Waals surface area contributed by atoms with E-state index in [9.17, 15) is 4.79 Å². The molecule has 0 radical (unpaired) electrons. The smallest absolute Gasteiger partial charge is 0.303 e. The van der Waals surface area contributed by atoms with E-state index < -0.39 is 5.97 Å². The highest BCUT2D eigenvalue weighted by atomic mass is 16.4. The van der Waals surface area contributed by atoms with Gasteiger partial charge in [-0.3, -0.25) is 4.79 Å². The summed E-state index contributed by atoms with van der Waals surface area (Å²) in [5.74, 6) is -0.734. The number of hydrogen-bond acceptors (Lipinski definition) is 1. The van der Waals surface area contributed by atoms with E-state index in [0.29, 0.717) is 6.42 Å². The monoisotopic (exact) mass is 192 g/mol. The first-order chi connectivity index (χ1) is 6.52. The molecule has 0 aromatic heterocycles. The molecule has 1 rings (SSSR count). The van der Waals surface area contributed by atoms with Gasteiger partial charge in [0.25, 0.3) is 0 Å². The van der Waals surface area contributed by atoms with Gasteiger partial charge in [-0.25, -0.2) is 0 Å². The lowest BCUT2D eigenvalue weighted by atomic mass is 9.96. The number of hydrogen-bond donors (Lipinski definition) is 1. The summed E-state index contributed by atoms with van der Waals surface area (Å²) in [6, 6.07) is 4.08. The van der Waals surface area contributed by atoms with Crippen molar-refractivity contribution >= 4 is 5.97 Å². The molecule has 0 atom stereocenters. The molecule has 1 aromatic rings. The molecule has 0 aliphatic heterocycles. The third-order valence-corrected chi connectivity index (χ3v) is 2.78. The van der Waals surface area contributed by atoms with Crippen LogP contribution in [-0.4, -0.2) is 11.1 Å². The topological polar surface area (TPSA) is 37.3 Å². The zero-order chi connectivity index (χ0) is 10.7. The summed E-state index contributed by atoms with van der Waals surface area (Å²) in [6.45, 7) is 6.21. The zero-order valence-electron chi connectivity index (χ0n) is 8.92. The van der Waals surface area contributed by atoms with Gasteiger partial charge >= 0.3 is 5.97 Å². The third-order valence-electron chi connectivity index (χ3n) is 2.78. The highest BCUT2D eigenvalue weighted by Gasteiger charge is 2.05. The maximum absolute atomic E-state index is 10.4. The van der Waals surface area contributed by atoms with E-state index in [0.717, 1.165) is 5.56 Å². The minimum absolute atomic E-state index is 0.212. The zero-order valence-corrected chi connectivity index (χ0v) is 8.92. The maximum Gasteiger partial charge on any atom is 0.303 e. The minimum Gasteiger partial charge on any atom is -0.481 e. The molecule has 0 aliphatic carbocycles. The molecule has 0 amide bonds. The van der Waals surface area contributed by atoms with Crippen molar-refractivity contribution in [3.8, 4) is 0 Å². The molecular formula is C12H16O2. The van der Waals surface area contributed by atoms with Crippen LogP contribution in [0.4, 0.5) is 0 Å². The maximum atomic E-state index is 10.4. The van der Waals surface area contributed by atoms with Crippen molar-refractivity contribution in [2.45, 2.75) is 33.6 Å². The lowest BCUT2D eigenvalue weighted by Crippen LogP contribution is -2.00. The third kappa shape index (κ3) is 2.34. The molecule has 0 spiro atoms. The van der Waals surface area contributed by atoms with Gasteiger partial charge in [-0.2, -0.15) is 0 Å². The van der Waals surface area contributed by atoms with Gasteiger partial charge in [-0.05, 0) is 49.4 Å². The van der Waals surface area contributed by atoms with Gasteiger partial charge in [0.1, 0.15) is 0 Å². The van der Waals surface area contributed by atoms with E-state index in [1.807, 2.05) is 6.07 Å². The first kappa shape index (κ1) is 10.8. The number of rotatable bonds is 3. The van der Waals surface area contributed by atoms with Crippen LogP contribution in [0.5, 0.6) is 0 Å². The lowest BCUT2D eigenvalue weighted by molar-refractivity contribution is -0.136. The average molecular weight is 192 g/mol. The van der Waals surface area contributed by atoms with Crippen molar-refractivity contribution in [3.05, 3.63) is 34.4 Å². The highest BCUT2D eigenvalue weighted by Crippen LogP contribution is 2.18.